The minimum Gasteiger partial charge on any atom is -0.308 e. The smallest absolute Gasteiger partial charge is 0.263 e. The summed E-state index contributed by atoms with van der Waals surface area (Å²) < 4.78 is 26.6. The zero-order valence-corrected chi connectivity index (χ0v) is 12.3. The van der Waals surface area contributed by atoms with E-state index in [1.807, 2.05) is 0 Å². The number of nitrogens with zero attached hydrogens (tertiary/aromatic N) is 1. The molecule has 20 heavy (non-hydrogen) atoms. The monoisotopic (exact) mass is 332 g/mol. The number of aromatic nitrogens is 1. The van der Waals surface area contributed by atoms with E-state index in [9.17, 15) is 8.42 Å². The summed E-state index contributed by atoms with van der Waals surface area (Å²) in [5, 5.41) is 0.659. The third-order valence-corrected chi connectivity index (χ3v) is 4.11. The summed E-state index contributed by atoms with van der Waals surface area (Å²) in [5.41, 5.74) is 2.58. The topological polar surface area (TPSA) is 97.1 Å². The van der Waals surface area contributed by atoms with Gasteiger partial charge in [-0.2, -0.15) is 0 Å². The van der Waals surface area contributed by atoms with Gasteiger partial charge in [0.25, 0.3) is 10.0 Å². The molecule has 9 heteroatoms. The van der Waals surface area contributed by atoms with E-state index in [0.717, 1.165) is 0 Å². The molecular weight excluding hydrogens is 323 g/mol. The standard InChI is InChI=1S/C11H10Cl2N4O2S/c12-7-3-8(13)5-9(4-7)17-20(18,19)10-1-2-11(16-14)15-6-10/h1-6,17H,14H2,(H,15,16). The number of hydrazine groups is 1. The van der Waals surface area contributed by atoms with Gasteiger partial charge >= 0.3 is 0 Å². The lowest BCUT2D eigenvalue weighted by Gasteiger charge is -2.09. The van der Waals surface area contributed by atoms with Crippen LogP contribution in [0, 0.1) is 0 Å². The second kappa shape index (κ2) is 5.84. The Morgan fingerprint density at radius 1 is 1.10 bits per heavy atom. The molecule has 2 aromatic rings. The summed E-state index contributed by atoms with van der Waals surface area (Å²) >= 11 is 11.6. The zero-order chi connectivity index (χ0) is 14.8. The molecule has 0 saturated heterocycles. The average Bonchev–Trinajstić information content (AvgIpc) is 2.37. The molecule has 1 aromatic carbocycles. The highest BCUT2D eigenvalue weighted by molar-refractivity contribution is 7.92. The molecule has 0 saturated carbocycles. The summed E-state index contributed by atoms with van der Waals surface area (Å²) in [6, 6.07) is 7.23. The Kier molecular flexibility index (Phi) is 4.34. The maximum absolute atomic E-state index is 12.1. The van der Waals surface area contributed by atoms with Crippen LogP contribution in [0.2, 0.25) is 10.0 Å². The highest BCUT2D eigenvalue weighted by atomic mass is 35.5. The van der Waals surface area contributed by atoms with Gasteiger partial charge in [0.1, 0.15) is 10.7 Å². The molecule has 0 unspecified atom stereocenters. The van der Waals surface area contributed by atoms with Gasteiger partial charge < -0.3 is 5.43 Å². The van der Waals surface area contributed by atoms with Crippen LogP contribution in [0.1, 0.15) is 0 Å². The Bertz CT molecular complexity index is 699. The molecule has 0 radical (unpaired) electrons. The summed E-state index contributed by atoms with van der Waals surface area (Å²) in [6.07, 6.45) is 1.18. The molecule has 0 aliphatic heterocycles. The van der Waals surface area contributed by atoms with Crippen LogP contribution in [-0.2, 0) is 10.0 Å². The number of rotatable bonds is 4. The normalized spacial score (nSPS) is 11.2. The molecule has 0 aliphatic carbocycles. The van der Waals surface area contributed by atoms with Crippen molar-refractivity contribution < 1.29 is 8.42 Å². The number of benzene rings is 1. The van der Waals surface area contributed by atoms with Gasteiger partial charge in [-0.05, 0) is 30.3 Å². The molecule has 0 amide bonds. The zero-order valence-electron chi connectivity index (χ0n) is 9.97. The number of nitrogens with one attached hydrogen (secondary N) is 2. The van der Waals surface area contributed by atoms with Crippen LogP contribution in [0.4, 0.5) is 11.5 Å². The van der Waals surface area contributed by atoms with E-state index in [1.165, 1.54) is 36.5 Å². The Morgan fingerprint density at radius 2 is 1.75 bits per heavy atom. The average molecular weight is 333 g/mol. The Hall–Kier alpha value is -1.54. The quantitative estimate of drug-likeness (QED) is 0.590. The van der Waals surface area contributed by atoms with Crippen molar-refractivity contribution in [2.24, 2.45) is 5.84 Å². The molecule has 0 bridgehead atoms. The molecule has 0 aliphatic rings. The summed E-state index contributed by atoms with van der Waals surface area (Å²) in [7, 11) is -3.77. The van der Waals surface area contributed by atoms with Crippen molar-refractivity contribution >= 4 is 44.7 Å². The molecule has 0 spiro atoms. The van der Waals surface area contributed by atoms with Crippen LogP contribution in [0.5, 0.6) is 0 Å². The fourth-order valence-electron chi connectivity index (χ4n) is 1.45. The second-order valence-corrected chi connectivity index (χ2v) is 6.34. The van der Waals surface area contributed by atoms with Crippen molar-refractivity contribution in [2.45, 2.75) is 4.90 Å². The first-order valence-electron chi connectivity index (χ1n) is 5.32. The predicted molar refractivity (Wildman–Crippen MR) is 79.3 cm³/mol. The van der Waals surface area contributed by atoms with E-state index >= 15 is 0 Å². The Balaban J connectivity index is 2.30. The van der Waals surface area contributed by atoms with Crippen molar-refractivity contribution in [1.82, 2.24) is 4.98 Å². The van der Waals surface area contributed by atoms with Gasteiger partial charge in [0.2, 0.25) is 0 Å². The van der Waals surface area contributed by atoms with E-state index < -0.39 is 10.0 Å². The molecule has 6 nitrogen and oxygen atoms in total. The number of pyridine rings is 1. The number of anilines is 2. The van der Waals surface area contributed by atoms with Crippen LogP contribution >= 0.6 is 23.2 Å². The van der Waals surface area contributed by atoms with Crippen molar-refractivity contribution in [1.29, 1.82) is 0 Å². The molecule has 1 aromatic heterocycles. The van der Waals surface area contributed by atoms with E-state index in [4.69, 9.17) is 29.0 Å². The van der Waals surface area contributed by atoms with Gasteiger partial charge in [-0.1, -0.05) is 23.2 Å². The molecule has 1 heterocycles. The number of nitrogens with two attached hydrogens (primary N) is 1. The minimum absolute atomic E-state index is 0.00685. The third kappa shape index (κ3) is 3.51. The predicted octanol–water partition coefficient (Wildman–Crippen LogP) is 2.47. The highest BCUT2D eigenvalue weighted by Gasteiger charge is 2.15. The van der Waals surface area contributed by atoms with Crippen LogP contribution in [0.25, 0.3) is 0 Å². The maximum atomic E-state index is 12.1. The largest absolute Gasteiger partial charge is 0.308 e. The van der Waals surface area contributed by atoms with Crippen molar-refractivity contribution in [3.63, 3.8) is 0 Å². The van der Waals surface area contributed by atoms with Crippen LogP contribution in [-0.4, -0.2) is 13.4 Å². The Morgan fingerprint density at radius 3 is 2.25 bits per heavy atom. The molecule has 106 valence electrons. The molecule has 2 rings (SSSR count). The Labute approximate surface area is 125 Å². The van der Waals surface area contributed by atoms with Crippen molar-refractivity contribution in [3.8, 4) is 0 Å². The lowest BCUT2D eigenvalue weighted by Crippen LogP contribution is -2.14. The van der Waals surface area contributed by atoms with Gasteiger partial charge in [0.15, 0.2) is 0 Å². The number of hydrogen-bond acceptors (Lipinski definition) is 5. The number of sulfonamides is 1. The van der Waals surface area contributed by atoms with E-state index in [2.05, 4.69) is 15.1 Å². The summed E-state index contributed by atoms with van der Waals surface area (Å²) in [5.74, 6) is 5.52. The number of hydrogen-bond donors (Lipinski definition) is 3. The van der Waals surface area contributed by atoms with Gasteiger partial charge in [-0.3, -0.25) is 4.72 Å². The van der Waals surface area contributed by atoms with Crippen molar-refractivity contribution in [3.05, 3.63) is 46.6 Å². The third-order valence-electron chi connectivity index (χ3n) is 2.31. The van der Waals surface area contributed by atoms with E-state index in [1.54, 1.807) is 0 Å². The lowest BCUT2D eigenvalue weighted by atomic mass is 10.3. The summed E-state index contributed by atoms with van der Waals surface area (Å²) in [4.78, 5) is 3.83. The molecule has 4 N–H and O–H groups in total. The fraction of sp³-hybridized carbons (Fsp3) is 0. The van der Waals surface area contributed by atoms with Gasteiger partial charge in [0, 0.05) is 16.2 Å². The van der Waals surface area contributed by atoms with Crippen LogP contribution in [0.15, 0.2) is 41.4 Å². The molecule has 0 fully saturated rings. The first kappa shape index (κ1) is 14.9. The molecular formula is C11H10Cl2N4O2S. The fourth-order valence-corrected chi connectivity index (χ4v) is 2.96. The highest BCUT2D eigenvalue weighted by Crippen LogP contribution is 2.24. The lowest BCUT2D eigenvalue weighted by molar-refractivity contribution is 0.601. The van der Waals surface area contributed by atoms with Crippen LogP contribution in [0.3, 0.4) is 0 Å². The van der Waals surface area contributed by atoms with Crippen LogP contribution < -0.4 is 16.0 Å². The molecule has 0 atom stereocenters. The van der Waals surface area contributed by atoms with Gasteiger partial charge in [-0.25, -0.2) is 19.2 Å². The maximum Gasteiger partial charge on any atom is 0.263 e. The van der Waals surface area contributed by atoms with E-state index in [0.29, 0.717) is 15.9 Å². The second-order valence-electron chi connectivity index (χ2n) is 3.79. The SMILES string of the molecule is NNc1ccc(S(=O)(=O)Nc2cc(Cl)cc(Cl)c2)cn1. The minimum atomic E-state index is -3.77. The first-order valence-corrected chi connectivity index (χ1v) is 7.56. The first-order chi connectivity index (χ1) is 9.40. The summed E-state index contributed by atoms with van der Waals surface area (Å²) in [6.45, 7) is 0. The number of halogens is 2. The van der Waals surface area contributed by atoms with E-state index in [-0.39, 0.29) is 10.6 Å². The van der Waals surface area contributed by atoms with Gasteiger partial charge in [-0.15, -0.1) is 0 Å². The van der Waals surface area contributed by atoms with Crippen molar-refractivity contribution in [2.75, 3.05) is 10.1 Å². The van der Waals surface area contributed by atoms with Gasteiger partial charge in [0.05, 0.1) is 5.69 Å². The number of nitrogen functional groups attached to an aromatic ring is 1.